The van der Waals surface area contributed by atoms with Crippen molar-refractivity contribution in [1.29, 1.82) is 0 Å². The molecule has 0 radical (unpaired) electrons. The van der Waals surface area contributed by atoms with Crippen LogP contribution in [0.5, 0.6) is 0 Å². The van der Waals surface area contributed by atoms with Crippen LogP contribution in [-0.4, -0.2) is 23.1 Å². The Morgan fingerprint density at radius 3 is 3.07 bits per heavy atom. The smallest absolute Gasteiger partial charge is 0.261 e. The maximum Gasteiger partial charge on any atom is 0.261 e. The molecule has 74 valence electrons. The van der Waals surface area contributed by atoms with E-state index < -0.39 is 0 Å². The molecule has 3 N–H and O–H groups in total. The van der Waals surface area contributed by atoms with Gasteiger partial charge in [0.15, 0.2) is 0 Å². The lowest BCUT2D eigenvalue weighted by atomic mass is 10.1. The Morgan fingerprint density at radius 1 is 1.64 bits per heavy atom. The van der Waals surface area contributed by atoms with E-state index in [0.29, 0.717) is 11.4 Å². The molecule has 1 aromatic heterocycles. The third-order valence-electron chi connectivity index (χ3n) is 2.44. The van der Waals surface area contributed by atoms with Crippen molar-refractivity contribution in [2.24, 2.45) is 0 Å². The summed E-state index contributed by atoms with van der Waals surface area (Å²) in [6.45, 7) is 2.03. The molecule has 0 aromatic carbocycles. The number of aromatic amines is 1. The molecule has 0 amide bonds. The van der Waals surface area contributed by atoms with Gasteiger partial charge in [-0.25, -0.2) is 0 Å². The van der Waals surface area contributed by atoms with Crippen LogP contribution in [0.1, 0.15) is 12.5 Å². The summed E-state index contributed by atoms with van der Waals surface area (Å²) in [6.07, 6.45) is 3.74. The molecular formula is C9H12N4O. The van der Waals surface area contributed by atoms with Gasteiger partial charge < -0.3 is 10.6 Å². The minimum atomic E-state index is -0.192. The highest BCUT2D eigenvalue weighted by molar-refractivity contribution is 5.68. The molecule has 0 saturated carbocycles. The van der Waals surface area contributed by atoms with Gasteiger partial charge in [-0.05, 0) is 13.0 Å². The summed E-state index contributed by atoms with van der Waals surface area (Å²) >= 11 is 0. The van der Waals surface area contributed by atoms with Gasteiger partial charge in [0.05, 0.1) is 5.56 Å². The largest absolute Gasteiger partial charge is 0.369 e. The number of nitrogens with zero attached hydrogens (tertiary/aromatic N) is 2. The first-order valence-corrected chi connectivity index (χ1v) is 4.40. The zero-order valence-corrected chi connectivity index (χ0v) is 8.11. The fourth-order valence-electron chi connectivity index (χ4n) is 1.46. The lowest BCUT2D eigenvalue weighted by Crippen LogP contribution is -2.33. The molecular weight excluding hydrogens is 180 g/mol. The molecule has 1 atom stereocenters. The molecule has 1 aliphatic rings. The lowest BCUT2D eigenvalue weighted by Gasteiger charge is -2.27. The second kappa shape index (κ2) is 2.87. The summed E-state index contributed by atoms with van der Waals surface area (Å²) in [7, 11) is 1.89. The molecule has 0 spiro atoms. The quantitative estimate of drug-likeness (QED) is 0.616. The van der Waals surface area contributed by atoms with Crippen LogP contribution >= 0.6 is 0 Å². The summed E-state index contributed by atoms with van der Waals surface area (Å²) in [5.74, 6) is 0.796. The van der Waals surface area contributed by atoms with Crippen molar-refractivity contribution in [3.05, 3.63) is 22.0 Å². The molecule has 14 heavy (non-hydrogen) atoms. The normalized spacial score (nSPS) is 19.6. The summed E-state index contributed by atoms with van der Waals surface area (Å²) in [4.78, 5) is 20.0. The van der Waals surface area contributed by atoms with E-state index in [-0.39, 0.29) is 17.5 Å². The van der Waals surface area contributed by atoms with Crippen molar-refractivity contribution in [1.82, 2.24) is 9.97 Å². The van der Waals surface area contributed by atoms with Crippen molar-refractivity contribution in [3.8, 4) is 0 Å². The third kappa shape index (κ3) is 1.17. The van der Waals surface area contributed by atoms with Crippen LogP contribution in [0, 0.1) is 0 Å². The zero-order chi connectivity index (χ0) is 10.3. The number of rotatable bonds is 0. The van der Waals surface area contributed by atoms with Gasteiger partial charge in [0.25, 0.3) is 5.56 Å². The number of anilines is 2. The molecule has 1 aliphatic heterocycles. The first-order chi connectivity index (χ1) is 6.59. The number of nitrogens with one attached hydrogen (secondary N) is 1. The predicted octanol–water partition coefficient (Wildman–Crippen LogP) is 0.204. The van der Waals surface area contributed by atoms with Crippen molar-refractivity contribution in [3.63, 3.8) is 0 Å². The highest BCUT2D eigenvalue weighted by Gasteiger charge is 2.19. The van der Waals surface area contributed by atoms with Gasteiger partial charge in [-0.2, -0.15) is 4.98 Å². The monoisotopic (exact) mass is 192 g/mol. The number of H-pyrrole nitrogens is 1. The molecule has 1 unspecified atom stereocenters. The van der Waals surface area contributed by atoms with E-state index >= 15 is 0 Å². The van der Waals surface area contributed by atoms with Crippen molar-refractivity contribution in [2.45, 2.75) is 13.0 Å². The number of nitrogens with two attached hydrogens (primary N) is 1. The Morgan fingerprint density at radius 2 is 2.36 bits per heavy atom. The molecule has 5 nitrogen and oxygen atoms in total. The van der Waals surface area contributed by atoms with Crippen LogP contribution < -0.4 is 16.2 Å². The third-order valence-corrected chi connectivity index (χ3v) is 2.44. The highest BCUT2D eigenvalue weighted by atomic mass is 16.1. The second-order valence-corrected chi connectivity index (χ2v) is 3.40. The van der Waals surface area contributed by atoms with Crippen LogP contribution in [0.15, 0.2) is 10.9 Å². The minimum absolute atomic E-state index is 0.156. The van der Waals surface area contributed by atoms with Crippen LogP contribution in [0.4, 0.5) is 11.8 Å². The van der Waals surface area contributed by atoms with Crippen molar-refractivity contribution >= 4 is 17.8 Å². The van der Waals surface area contributed by atoms with Crippen LogP contribution in [-0.2, 0) is 0 Å². The first-order valence-electron chi connectivity index (χ1n) is 4.40. The Kier molecular flexibility index (Phi) is 1.80. The van der Waals surface area contributed by atoms with Crippen molar-refractivity contribution in [2.75, 3.05) is 17.7 Å². The maximum absolute atomic E-state index is 11.5. The fraction of sp³-hybridized carbons (Fsp3) is 0.333. The molecule has 1 aromatic rings. The highest BCUT2D eigenvalue weighted by Crippen LogP contribution is 2.22. The van der Waals surface area contributed by atoms with E-state index in [1.165, 1.54) is 0 Å². The van der Waals surface area contributed by atoms with Gasteiger partial charge in [-0.15, -0.1) is 0 Å². The Hall–Kier alpha value is -1.78. The van der Waals surface area contributed by atoms with E-state index in [2.05, 4.69) is 9.97 Å². The van der Waals surface area contributed by atoms with Crippen LogP contribution in [0.25, 0.3) is 6.08 Å². The summed E-state index contributed by atoms with van der Waals surface area (Å²) in [6, 6.07) is 0.233. The fourth-order valence-corrected chi connectivity index (χ4v) is 1.46. The van der Waals surface area contributed by atoms with Gasteiger partial charge in [0.2, 0.25) is 5.95 Å². The molecule has 0 fully saturated rings. The van der Waals surface area contributed by atoms with E-state index in [0.717, 1.165) is 0 Å². The van der Waals surface area contributed by atoms with Gasteiger partial charge >= 0.3 is 0 Å². The van der Waals surface area contributed by atoms with Gasteiger partial charge in [-0.1, -0.05) is 6.08 Å². The Balaban J connectivity index is 2.68. The lowest BCUT2D eigenvalue weighted by molar-refractivity contribution is 0.796. The van der Waals surface area contributed by atoms with Gasteiger partial charge in [0.1, 0.15) is 5.82 Å². The molecule has 2 rings (SSSR count). The number of likely N-dealkylation sites (N-methyl/N-ethyl adjacent to an activating group) is 1. The number of aromatic nitrogens is 2. The summed E-state index contributed by atoms with van der Waals surface area (Å²) in [5, 5.41) is 0. The first kappa shape index (κ1) is 8.80. The Labute approximate surface area is 81.3 Å². The van der Waals surface area contributed by atoms with Crippen LogP contribution in [0.3, 0.4) is 0 Å². The van der Waals surface area contributed by atoms with Gasteiger partial charge in [0, 0.05) is 13.1 Å². The molecule has 5 heteroatoms. The number of hydrogen-bond acceptors (Lipinski definition) is 4. The zero-order valence-electron chi connectivity index (χ0n) is 8.11. The number of fused-ring (bicyclic) bond motifs is 1. The molecule has 0 bridgehead atoms. The summed E-state index contributed by atoms with van der Waals surface area (Å²) < 4.78 is 0. The average molecular weight is 192 g/mol. The van der Waals surface area contributed by atoms with E-state index in [1.54, 1.807) is 6.08 Å². The summed E-state index contributed by atoms with van der Waals surface area (Å²) in [5.41, 5.74) is 5.85. The van der Waals surface area contributed by atoms with E-state index in [1.807, 2.05) is 24.9 Å². The molecule has 0 aliphatic carbocycles. The Bertz CT molecular complexity index is 449. The second-order valence-electron chi connectivity index (χ2n) is 3.40. The van der Waals surface area contributed by atoms with E-state index in [9.17, 15) is 4.79 Å². The van der Waals surface area contributed by atoms with Crippen molar-refractivity contribution < 1.29 is 0 Å². The number of nitrogen functional groups attached to an aromatic ring is 1. The SMILES string of the molecule is CC1C=Cc2c(nc(N)[nH]c2=O)N1C. The molecule has 0 saturated heterocycles. The van der Waals surface area contributed by atoms with E-state index in [4.69, 9.17) is 5.73 Å². The topological polar surface area (TPSA) is 75.0 Å². The standard InChI is InChI=1S/C9H12N4O/c1-5-3-4-6-7(13(5)2)11-9(10)12-8(6)14/h3-5H,1-2H3,(H3,10,11,12,14). The minimum Gasteiger partial charge on any atom is -0.369 e. The maximum atomic E-state index is 11.5. The number of hydrogen-bond donors (Lipinski definition) is 2. The predicted molar refractivity (Wildman–Crippen MR) is 56.2 cm³/mol. The average Bonchev–Trinajstić information content (AvgIpc) is 2.12. The van der Waals surface area contributed by atoms with Crippen LogP contribution in [0.2, 0.25) is 0 Å². The molecule has 2 heterocycles. The van der Waals surface area contributed by atoms with Gasteiger partial charge in [-0.3, -0.25) is 9.78 Å².